The fourth-order valence-electron chi connectivity index (χ4n) is 3.45. The fourth-order valence-corrected chi connectivity index (χ4v) is 5.81. The van der Waals surface area contributed by atoms with Gasteiger partial charge in [-0.1, -0.05) is 35.3 Å². The molecule has 166 valence electrons. The monoisotopic (exact) mass is 485 g/mol. The molecular weight excluding hydrogens is 465 g/mol. The summed E-state index contributed by atoms with van der Waals surface area (Å²) < 4.78 is 27.2. The van der Waals surface area contributed by atoms with Gasteiger partial charge < -0.3 is 5.32 Å². The van der Waals surface area contributed by atoms with Gasteiger partial charge in [0.15, 0.2) is 0 Å². The predicted molar refractivity (Wildman–Crippen MR) is 120 cm³/mol. The fraction of sp³-hybridized carbons (Fsp3) is 0.350. The first kappa shape index (κ1) is 23.5. The molecule has 0 aromatic heterocycles. The second-order valence-corrected chi connectivity index (χ2v) is 10.2. The average Bonchev–Trinajstić information content (AvgIpc) is 2.72. The zero-order valence-corrected chi connectivity index (χ0v) is 19.0. The summed E-state index contributed by atoms with van der Waals surface area (Å²) in [6.07, 6.45) is 1.03. The van der Waals surface area contributed by atoms with Crippen LogP contribution in [-0.4, -0.2) is 36.6 Å². The number of carbonyl (C=O) groups is 1. The van der Waals surface area contributed by atoms with Gasteiger partial charge >= 0.3 is 0 Å². The molecule has 1 fully saturated rings. The summed E-state index contributed by atoms with van der Waals surface area (Å²) >= 11 is 12.2. The van der Waals surface area contributed by atoms with E-state index in [0.29, 0.717) is 36.2 Å². The molecule has 1 atom stereocenters. The topological polar surface area (TPSA) is 110 Å². The van der Waals surface area contributed by atoms with Gasteiger partial charge in [-0.25, -0.2) is 12.7 Å². The highest BCUT2D eigenvalue weighted by molar-refractivity contribution is 7.88. The molecule has 1 heterocycles. The standard InChI is InChI=1S/C20H21Cl2N3O5S/c1-13-7-8-15(25(27)28)10-19(13)23-20(26)14-4-3-9-24(11-14)31(29,30)12-16-17(21)5-2-6-18(16)22/h2,5-8,10,14H,3-4,9,11-12H2,1H3,(H,23,26)/t14-/m1/s1. The van der Waals surface area contributed by atoms with Gasteiger partial charge in [0.2, 0.25) is 15.9 Å². The van der Waals surface area contributed by atoms with Gasteiger partial charge in [0.1, 0.15) is 0 Å². The Morgan fingerprint density at radius 2 is 1.94 bits per heavy atom. The van der Waals surface area contributed by atoms with E-state index in [0.717, 1.165) is 0 Å². The summed E-state index contributed by atoms with van der Waals surface area (Å²) in [7, 11) is -3.75. The Balaban J connectivity index is 1.73. The predicted octanol–water partition coefficient (Wildman–Crippen LogP) is 4.39. The molecule has 0 bridgehead atoms. The number of rotatable bonds is 6. The molecule has 1 aliphatic heterocycles. The Morgan fingerprint density at radius 3 is 2.58 bits per heavy atom. The minimum atomic E-state index is -3.75. The van der Waals surface area contributed by atoms with Gasteiger partial charge in [-0.3, -0.25) is 14.9 Å². The SMILES string of the molecule is Cc1ccc([N+](=O)[O-])cc1NC(=O)[C@@H]1CCCN(S(=O)(=O)Cc2c(Cl)cccc2Cl)C1. The van der Waals surface area contributed by atoms with Crippen molar-refractivity contribution in [2.45, 2.75) is 25.5 Å². The summed E-state index contributed by atoms with van der Waals surface area (Å²) in [5, 5.41) is 14.2. The van der Waals surface area contributed by atoms with Crippen LogP contribution in [0.4, 0.5) is 11.4 Å². The molecule has 0 spiro atoms. The van der Waals surface area contributed by atoms with Gasteiger partial charge in [0, 0.05) is 40.8 Å². The van der Waals surface area contributed by atoms with E-state index in [1.54, 1.807) is 31.2 Å². The number of hydrogen-bond donors (Lipinski definition) is 1. The van der Waals surface area contributed by atoms with Crippen molar-refractivity contribution in [3.63, 3.8) is 0 Å². The number of anilines is 1. The number of nitrogens with zero attached hydrogens (tertiary/aromatic N) is 2. The van der Waals surface area contributed by atoms with Crippen molar-refractivity contribution in [2.75, 3.05) is 18.4 Å². The number of halogens is 2. The Labute approximate surface area is 190 Å². The lowest BCUT2D eigenvalue weighted by molar-refractivity contribution is -0.384. The molecule has 1 saturated heterocycles. The average molecular weight is 486 g/mol. The van der Waals surface area contributed by atoms with Gasteiger partial charge in [-0.05, 0) is 37.5 Å². The largest absolute Gasteiger partial charge is 0.325 e. The maximum absolute atomic E-state index is 13.0. The van der Waals surface area contributed by atoms with Crippen molar-refractivity contribution in [1.82, 2.24) is 4.31 Å². The molecule has 8 nitrogen and oxygen atoms in total. The number of nitrogens with one attached hydrogen (secondary N) is 1. The summed E-state index contributed by atoms with van der Waals surface area (Å²) in [6.45, 7) is 2.04. The molecule has 1 N–H and O–H groups in total. The maximum atomic E-state index is 13.0. The van der Waals surface area contributed by atoms with Crippen LogP contribution in [0.3, 0.4) is 0 Å². The molecule has 31 heavy (non-hydrogen) atoms. The highest BCUT2D eigenvalue weighted by Crippen LogP contribution is 2.29. The second kappa shape index (κ2) is 9.52. The summed E-state index contributed by atoms with van der Waals surface area (Å²) in [6, 6.07) is 9.00. The van der Waals surface area contributed by atoms with E-state index in [-0.39, 0.29) is 33.9 Å². The van der Waals surface area contributed by atoms with Crippen LogP contribution in [0.1, 0.15) is 24.0 Å². The normalized spacial score (nSPS) is 17.3. The van der Waals surface area contributed by atoms with E-state index in [1.807, 2.05) is 0 Å². The highest BCUT2D eigenvalue weighted by atomic mass is 35.5. The third-order valence-electron chi connectivity index (χ3n) is 5.23. The van der Waals surface area contributed by atoms with Crippen LogP contribution < -0.4 is 5.32 Å². The first-order valence-electron chi connectivity index (χ1n) is 9.55. The summed E-state index contributed by atoms with van der Waals surface area (Å²) in [5.41, 5.74) is 1.20. The van der Waals surface area contributed by atoms with E-state index < -0.39 is 20.9 Å². The third kappa shape index (κ3) is 5.54. The maximum Gasteiger partial charge on any atom is 0.271 e. The van der Waals surface area contributed by atoms with Crippen LogP contribution in [0.2, 0.25) is 10.0 Å². The lowest BCUT2D eigenvalue weighted by atomic mass is 9.98. The zero-order chi connectivity index (χ0) is 22.8. The number of non-ortho nitro benzene ring substituents is 1. The van der Waals surface area contributed by atoms with E-state index in [2.05, 4.69) is 5.32 Å². The quantitative estimate of drug-likeness (QED) is 0.481. The number of piperidine rings is 1. The van der Waals surface area contributed by atoms with E-state index in [9.17, 15) is 23.3 Å². The summed E-state index contributed by atoms with van der Waals surface area (Å²) in [4.78, 5) is 23.3. The number of nitro groups is 1. The smallest absolute Gasteiger partial charge is 0.271 e. The number of amides is 1. The molecule has 11 heteroatoms. The minimum Gasteiger partial charge on any atom is -0.325 e. The highest BCUT2D eigenvalue weighted by Gasteiger charge is 2.33. The lowest BCUT2D eigenvalue weighted by Gasteiger charge is -2.31. The molecule has 1 aliphatic rings. The second-order valence-electron chi connectivity index (χ2n) is 7.40. The molecule has 0 saturated carbocycles. The summed E-state index contributed by atoms with van der Waals surface area (Å²) in [5.74, 6) is -1.31. The molecule has 2 aromatic carbocycles. The van der Waals surface area contributed by atoms with Crippen LogP contribution in [-0.2, 0) is 20.6 Å². The number of nitro benzene ring substituents is 1. The lowest BCUT2D eigenvalue weighted by Crippen LogP contribution is -2.44. The van der Waals surface area contributed by atoms with Crippen molar-refractivity contribution in [3.8, 4) is 0 Å². The Morgan fingerprint density at radius 1 is 1.26 bits per heavy atom. The van der Waals surface area contributed by atoms with Gasteiger partial charge in [0.25, 0.3) is 5.69 Å². The zero-order valence-electron chi connectivity index (χ0n) is 16.7. The number of hydrogen-bond acceptors (Lipinski definition) is 5. The van der Waals surface area contributed by atoms with Crippen LogP contribution in [0.5, 0.6) is 0 Å². The van der Waals surface area contributed by atoms with Crippen molar-refractivity contribution < 1.29 is 18.1 Å². The van der Waals surface area contributed by atoms with E-state index in [1.165, 1.54) is 16.4 Å². The van der Waals surface area contributed by atoms with Crippen LogP contribution in [0, 0.1) is 23.0 Å². The van der Waals surface area contributed by atoms with Gasteiger partial charge in [-0.2, -0.15) is 0 Å². The molecule has 2 aromatic rings. The van der Waals surface area contributed by atoms with Crippen molar-refractivity contribution >= 4 is 50.5 Å². The first-order chi connectivity index (χ1) is 14.6. The number of sulfonamides is 1. The molecule has 1 amide bonds. The Bertz CT molecular complexity index is 1100. The van der Waals surface area contributed by atoms with E-state index in [4.69, 9.17) is 23.2 Å². The third-order valence-corrected chi connectivity index (χ3v) is 7.71. The Kier molecular flexibility index (Phi) is 7.20. The van der Waals surface area contributed by atoms with E-state index >= 15 is 0 Å². The number of carbonyl (C=O) groups excluding carboxylic acids is 1. The molecule has 0 unspecified atom stereocenters. The first-order valence-corrected chi connectivity index (χ1v) is 11.9. The van der Waals surface area contributed by atoms with Gasteiger partial charge in [-0.15, -0.1) is 0 Å². The van der Waals surface area contributed by atoms with Crippen LogP contribution in [0.15, 0.2) is 36.4 Å². The number of aryl methyl sites for hydroxylation is 1. The molecule has 0 aliphatic carbocycles. The molecule has 3 rings (SSSR count). The van der Waals surface area contributed by atoms with Crippen molar-refractivity contribution in [2.24, 2.45) is 5.92 Å². The molecule has 0 radical (unpaired) electrons. The van der Waals surface area contributed by atoms with Crippen LogP contribution in [0.25, 0.3) is 0 Å². The Hall–Kier alpha value is -2.20. The van der Waals surface area contributed by atoms with Crippen molar-refractivity contribution in [1.29, 1.82) is 0 Å². The molecular formula is C20H21Cl2N3O5S. The minimum absolute atomic E-state index is 0.0181. The van der Waals surface area contributed by atoms with Crippen molar-refractivity contribution in [3.05, 3.63) is 67.7 Å². The number of benzene rings is 2. The van der Waals surface area contributed by atoms with Gasteiger partial charge in [0.05, 0.1) is 22.3 Å². The van der Waals surface area contributed by atoms with Crippen LogP contribution >= 0.6 is 23.2 Å².